The van der Waals surface area contributed by atoms with E-state index in [9.17, 15) is 4.79 Å². The van der Waals surface area contributed by atoms with Crippen molar-refractivity contribution in [2.45, 2.75) is 0 Å². The number of aromatic nitrogens is 1. The van der Waals surface area contributed by atoms with Crippen LogP contribution in [0.2, 0.25) is 0 Å². The van der Waals surface area contributed by atoms with Crippen molar-refractivity contribution in [3.05, 3.63) is 36.0 Å². The van der Waals surface area contributed by atoms with E-state index in [0.29, 0.717) is 11.3 Å². The van der Waals surface area contributed by atoms with Crippen molar-refractivity contribution in [1.82, 2.24) is 4.98 Å². The highest BCUT2D eigenvalue weighted by Gasteiger charge is 2.10. The van der Waals surface area contributed by atoms with Gasteiger partial charge >= 0.3 is 0 Å². The molecule has 1 aromatic carbocycles. The Morgan fingerprint density at radius 2 is 2.27 bits per heavy atom. The molecule has 76 valence electrons. The minimum atomic E-state index is -0.502. The zero-order valence-electron chi connectivity index (χ0n) is 8.23. The summed E-state index contributed by atoms with van der Waals surface area (Å²) in [6.45, 7) is 0. The molecule has 4 nitrogen and oxygen atoms in total. The maximum atomic E-state index is 11.1. The van der Waals surface area contributed by atoms with Gasteiger partial charge in [-0.25, -0.2) is 0 Å². The summed E-state index contributed by atoms with van der Waals surface area (Å²) in [7, 11) is 1.50. The number of benzene rings is 1. The van der Waals surface area contributed by atoms with E-state index in [0.717, 1.165) is 10.9 Å². The van der Waals surface area contributed by atoms with Gasteiger partial charge in [0.25, 0.3) is 5.91 Å². The lowest BCUT2D eigenvalue weighted by Crippen LogP contribution is -2.12. The highest BCUT2D eigenvalue weighted by molar-refractivity contribution is 5.99. The minimum Gasteiger partial charge on any atom is -0.496 e. The van der Waals surface area contributed by atoms with E-state index in [1.807, 2.05) is 6.07 Å². The molecule has 0 fully saturated rings. The Morgan fingerprint density at radius 3 is 2.93 bits per heavy atom. The van der Waals surface area contributed by atoms with Gasteiger partial charge in [0.05, 0.1) is 18.2 Å². The van der Waals surface area contributed by atoms with Crippen molar-refractivity contribution < 1.29 is 9.53 Å². The Labute approximate surface area is 86.7 Å². The molecule has 0 saturated heterocycles. The second-order valence-corrected chi connectivity index (χ2v) is 3.11. The molecule has 2 rings (SSSR count). The SMILES string of the molecule is COc1cc2ncccc2cc1C(N)=O. The summed E-state index contributed by atoms with van der Waals surface area (Å²) < 4.78 is 5.07. The number of fused-ring (bicyclic) bond motifs is 1. The predicted molar refractivity (Wildman–Crippen MR) is 56.8 cm³/mol. The lowest BCUT2D eigenvalue weighted by Gasteiger charge is -2.06. The molecule has 1 amide bonds. The number of nitrogens with zero attached hydrogens (tertiary/aromatic N) is 1. The van der Waals surface area contributed by atoms with Crippen LogP contribution in [0.15, 0.2) is 30.5 Å². The molecule has 0 atom stereocenters. The van der Waals surface area contributed by atoms with Gasteiger partial charge in [-0.3, -0.25) is 9.78 Å². The molecule has 15 heavy (non-hydrogen) atoms. The summed E-state index contributed by atoms with van der Waals surface area (Å²) >= 11 is 0. The van der Waals surface area contributed by atoms with Gasteiger partial charge in [0.1, 0.15) is 5.75 Å². The van der Waals surface area contributed by atoms with Crippen molar-refractivity contribution in [3.63, 3.8) is 0 Å². The highest BCUT2D eigenvalue weighted by atomic mass is 16.5. The lowest BCUT2D eigenvalue weighted by molar-refractivity contribution is 0.0997. The number of hydrogen-bond acceptors (Lipinski definition) is 3. The van der Waals surface area contributed by atoms with E-state index >= 15 is 0 Å². The van der Waals surface area contributed by atoms with Crippen LogP contribution in [0.3, 0.4) is 0 Å². The fourth-order valence-electron chi connectivity index (χ4n) is 1.46. The summed E-state index contributed by atoms with van der Waals surface area (Å²) in [5.41, 5.74) is 6.39. The quantitative estimate of drug-likeness (QED) is 0.799. The van der Waals surface area contributed by atoms with Crippen LogP contribution >= 0.6 is 0 Å². The lowest BCUT2D eigenvalue weighted by atomic mass is 10.1. The molecule has 0 aliphatic heterocycles. The number of ether oxygens (including phenoxy) is 1. The summed E-state index contributed by atoms with van der Waals surface area (Å²) in [4.78, 5) is 15.3. The normalized spacial score (nSPS) is 10.2. The molecular weight excluding hydrogens is 192 g/mol. The number of carbonyl (C=O) groups is 1. The van der Waals surface area contributed by atoms with Crippen molar-refractivity contribution in [2.75, 3.05) is 7.11 Å². The number of hydrogen-bond donors (Lipinski definition) is 1. The molecule has 4 heteroatoms. The Balaban J connectivity index is 2.74. The number of rotatable bonds is 2. The van der Waals surface area contributed by atoms with Crippen LogP contribution in [-0.4, -0.2) is 18.0 Å². The fourth-order valence-corrected chi connectivity index (χ4v) is 1.46. The topological polar surface area (TPSA) is 65.2 Å². The van der Waals surface area contributed by atoms with E-state index in [4.69, 9.17) is 10.5 Å². The Morgan fingerprint density at radius 1 is 1.47 bits per heavy atom. The molecule has 1 heterocycles. The average Bonchev–Trinajstić information content (AvgIpc) is 2.27. The summed E-state index contributed by atoms with van der Waals surface area (Å²) in [5, 5.41) is 0.868. The van der Waals surface area contributed by atoms with Crippen LogP contribution in [0.1, 0.15) is 10.4 Å². The number of nitrogens with two attached hydrogens (primary N) is 1. The van der Waals surface area contributed by atoms with Gasteiger partial charge in [-0.2, -0.15) is 0 Å². The number of primary amides is 1. The van der Waals surface area contributed by atoms with Gasteiger partial charge in [0.2, 0.25) is 0 Å². The molecule has 0 radical (unpaired) electrons. The Bertz CT molecular complexity index is 523. The summed E-state index contributed by atoms with van der Waals surface area (Å²) in [5.74, 6) is -0.0497. The first-order valence-corrected chi connectivity index (χ1v) is 4.45. The first-order valence-electron chi connectivity index (χ1n) is 4.45. The molecule has 1 aromatic heterocycles. The molecule has 0 aliphatic carbocycles. The fraction of sp³-hybridized carbons (Fsp3) is 0.0909. The van der Waals surface area contributed by atoms with Crippen LogP contribution in [0.5, 0.6) is 5.75 Å². The molecule has 0 saturated carbocycles. The summed E-state index contributed by atoms with van der Waals surface area (Å²) in [6, 6.07) is 7.06. The van der Waals surface area contributed by atoms with E-state index in [1.165, 1.54) is 7.11 Å². The average molecular weight is 202 g/mol. The monoisotopic (exact) mass is 202 g/mol. The molecular formula is C11H10N2O2. The van der Waals surface area contributed by atoms with Gasteiger partial charge in [-0.1, -0.05) is 6.07 Å². The molecule has 0 bridgehead atoms. The van der Waals surface area contributed by atoms with E-state index in [1.54, 1.807) is 24.4 Å². The third kappa shape index (κ3) is 1.61. The third-order valence-electron chi connectivity index (χ3n) is 2.19. The highest BCUT2D eigenvalue weighted by Crippen LogP contribution is 2.23. The third-order valence-corrected chi connectivity index (χ3v) is 2.19. The number of carbonyl (C=O) groups excluding carboxylic acids is 1. The van der Waals surface area contributed by atoms with Crippen molar-refractivity contribution in [1.29, 1.82) is 0 Å². The maximum absolute atomic E-state index is 11.1. The van der Waals surface area contributed by atoms with Crippen molar-refractivity contribution in [3.8, 4) is 5.75 Å². The molecule has 0 aliphatic rings. The standard InChI is InChI=1S/C11H10N2O2/c1-15-10-6-9-7(3-2-4-13-9)5-8(10)11(12)14/h2-6H,1H3,(H2,12,14). The zero-order valence-corrected chi connectivity index (χ0v) is 8.23. The zero-order chi connectivity index (χ0) is 10.8. The smallest absolute Gasteiger partial charge is 0.252 e. The molecule has 2 aromatic rings. The van der Waals surface area contributed by atoms with Gasteiger partial charge < -0.3 is 10.5 Å². The van der Waals surface area contributed by atoms with Gasteiger partial charge in [0, 0.05) is 17.6 Å². The second kappa shape index (κ2) is 3.57. The van der Waals surface area contributed by atoms with E-state index < -0.39 is 5.91 Å². The second-order valence-electron chi connectivity index (χ2n) is 3.11. The van der Waals surface area contributed by atoms with Crippen LogP contribution < -0.4 is 10.5 Å². The summed E-state index contributed by atoms with van der Waals surface area (Å²) in [6.07, 6.45) is 1.69. The first-order chi connectivity index (χ1) is 7.22. The largest absolute Gasteiger partial charge is 0.496 e. The number of methoxy groups -OCH3 is 1. The van der Waals surface area contributed by atoms with Crippen molar-refractivity contribution in [2.24, 2.45) is 5.73 Å². The molecule has 0 unspecified atom stereocenters. The van der Waals surface area contributed by atoms with Gasteiger partial charge in [-0.15, -0.1) is 0 Å². The van der Waals surface area contributed by atoms with E-state index in [-0.39, 0.29) is 0 Å². The van der Waals surface area contributed by atoms with Crippen LogP contribution in [-0.2, 0) is 0 Å². The molecule has 0 spiro atoms. The molecule has 2 N–H and O–H groups in total. The Hall–Kier alpha value is -2.10. The van der Waals surface area contributed by atoms with Gasteiger partial charge in [0.15, 0.2) is 0 Å². The predicted octanol–water partition coefficient (Wildman–Crippen LogP) is 1.34. The van der Waals surface area contributed by atoms with E-state index in [2.05, 4.69) is 4.98 Å². The Kier molecular flexibility index (Phi) is 2.25. The van der Waals surface area contributed by atoms with Crippen LogP contribution in [0.4, 0.5) is 0 Å². The number of amides is 1. The first kappa shape index (κ1) is 9.45. The maximum Gasteiger partial charge on any atom is 0.252 e. The minimum absolute atomic E-state index is 0.373. The van der Waals surface area contributed by atoms with Gasteiger partial charge in [-0.05, 0) is 12.1 Å². The van der Waals surface area contributed by atoms with Crippen LogP contribution in [0, 0.1) is 0 Å². The van der Waals surface area contributed by atoms with Crippen molar-refractivity contribution >= 4 is 16.8 Å². The van der Waals surface area contributed by atoms with Crippen LogP contribution in [0.25, 0.3) is 10.9 Å². The number of pyridine rings is 1.